The summed E-state index contributed by atoms with van der Waals surface area (Å²) in [6, 6.07) is 7.38. The molecule has 3 N–H and O–H groups in total. The monoisotopic (exact) mass is 398 g/mol. The van der Waals surface area contributed by atoms with Gasteiger partial charge in [0.1, 0.15) is 5.82 Å². The predicted molar refractivity (Wildman–Crippen MR) is 111 cm³/mol. The number of carbonyl (C=O) groups excluding carboxylic acids is 1. The van der Waals surface area contributed by atoms with Gasteiger partial charge in [0.25, 0.3) is 0 Å². The molecule has 0 bridgehead atoms. The van der Waals surface area contributed by atoms with Gasteiger partial charge in [0.15, 0.2) is 0 Å². The Morgan fingerprint density at radius 3 is 2.58 bits per heavy atom. The van der Waals surface area contributed by atoms with Gasteiger partial charge in [-0.2, -0.15) is 0 Å². The third kappa shape index (κ3) is 5.22. The molecule has 7 heteroatoms. The van der Waals surface area contributed by atoms with Crippen LogP contribution in [0.3, 0.4) is 0 Å². The summed E-state index contributed by atoms with van der Waals surface area (Å²) in [5, 5.41) is 2.89. The lowest BCUT2D eigenvalue weighted by atomic mass is 10.0. The Hall–Kier alpha value is -1.56. The molecule has 26 heavy (non-hydrogen) atoms. The van der Waals surface area contributed by atoms with Crippen LogP contribution in [0.25, 0.3) is 11.4 Å². The van der Waals surface area contributed by atoms with E-state index < -0.39 is 6.04 Å². The average Bonchev–Trinajstić information content (AvgIpc) is 2.99. The van der Waals surface area contributed by atoms with E-state index in [-0.39, 0.29) is 30.7 Å². The Morgan fingerprint density at radius 1 is 1.23 bits per heavy atom. The first-order chi connectivity index (χ1) is 11.5. The first-order valence-electron chi connectivity index (χ1n) is 8.76. The maximum absolute atomic E-state index is 12.1. The molecule has 0 aliphatic carbocycles. The molecule has 0 saturated carbocycles. The van der Waals surface area contributed by atoms with Gasteiger partial charge in [-0.15, -0.1) is 24.8 Å². The number of halogens is 2. The van der Waals surface area contributed by atoms with Crippen molar-refractivity contribution in [2.75, 3.05) is 5.32 Å². The second-order valence-electron chi connectivity index (χ2n) is 6.98. The lowest BCUT2D eigenvalue weighted by molar-refractivity contribution is -0.117. The van der Waals surface area contributed by atoms with Crippen LogP contribution in [0.15, 0.2) is 30.5 Å². The van der Waals surface area contributed by atoms with E-state index in [1.54, 1.807) is 0 Å². The van der Waals surface area contributed by atoms with Crippen LogP contribution in [-0.4, -0.2) is 21.5 Å². The number of aryl methyl sites for hydroxylation is 1. The maximum Gasteiger partial charge on any atom is 0.241 e. The van der Waals surface area contributed by atoms with Crippen LogP contribution in [0.2, 0.25) is 0 Å². The van der Waals surface area contributed by atoms with Crippen LogP contribution in [0.4, 0.5) is 5.69 Å². The van der Waals surface area contributed by atoms with Gasteiger partial charge in [-0.05, 0) is 55.9 Å². The van der Waals surface area contributed by atoms with Crippen molar-refractivity contribution in [3.05, 3.63) is 36.2 Å². The van der Waals surface area contributed by atoms with E-state index in [4.69, 9.17) is 5.73 Å². The van der Waals surface area contributed by atoms with Crippen LogP contribution in [0, 0.1) is 5.92 Å². The molecular weight excluding hydrogens is 371 g/mol. The van der Waals surface area contributed by atoms with Crippen LogP contribution in [0.5, 0.6) is 0 Å². The standard InChI is InChI=1S/C19H26N4O.2ClH/c1-13(2)11-17(20)19(24)22-15-8-6-14(7-9-15)18-21-12-16-5-3-4-10-23(16)18;;/h6-9,12-13,17H,3-5,10-11,20H2,1-2H3,(H,22,24);2*1H/t17-;;/m0../s1. The minimum atomic E-state index is -0.469. The zero-order chi connectivity index (χ0) is 17.1. The van der Waals surface area contributed by atoms with Crippen molar-refractivity contribution in [1.29, 1.82) is 0 Å². The Morgan fingerprint density at radius 2 is 1.92 bits per heavy atom. The summed E-state index contributed by atoms with van der Waals surface area (Å²) in [5.41, 5.74) is 9.09. The number of rotatable bonds is 5. The van der Waals surface area contributed by atoms with Gasteiger partial charge in [0.2, 0.25) is 5.91 Å². The molecule has 1 aromatic heterocycles. The number of anilines is 1. The van der Waals surface area contributed by atoms with E-state index >= 15 is 0 Å². The van der Waals surface area contributed by atoms with Crippen LogP contribution >= 0.6 is 24.8 Å². The van der Waals surface area contributed by atoms with E-state index in [1.807, 2.05) is 30.5 Å². The third-order valence-electron chi connectivity index (χ3n) is 4.48. The van der Waals surface area contributed by atoms with E-state index in [0.717, 1.165) is 30.0 Å². The van der Waals surface area contributed by atoms with Crippen molar-refractivity contribution >= 4 is 36.4 Å². The minimum Gasteiger partial charge on any atom is -0.328 e. The molecule has 2 heterocycles. The Bertz CT molecular complexity index is 713. The van der Waals surface area contributed by atoms with Crippen LogP contribution < -0.4 is 11.1 Å². The molecule has 2 aromatic rings. The van der Waals surface area contributed by atoms with Crippen molar-refractivity contribution in [1.82, 2.24) is 9.55 Å². The van der Waals surface area contributed by atoms with Crippen LogP contribution in [-0.2, 0) is 17.8 Å². The number of aromatic nitrogens is 2. The van der Waals surface area contributed by atoms with Crippen molar-refractivity contribution in [2.24, 2.45) is 11.7 Å². The normalized spacial score (nSPS) is 14.0. The highest BCUT2D eigenvalue weighted by molar-refractivity contribution is 5.94. The number of imidazole rings is 1. The number of hydrogen-bond donors (Lipinski definition) is 2. The fourth-order valence-corrected chi connectivity index (χ4v) is 3.22. The smallest absolute Gasteiger partial charge is 0.241 e. The van der Waals surface area contributed by atoms with E-state index in [0.29, 0.717) is 12.3 Å². The van der Waals surface area contributed by atoms with Gasteiger partial charge in [-0.25, -0.2) is 4.98 Å². The summed E-state index contributed by atoms with van der Waals surface area (Å²) in [5.74, 6) is 1.29. The Balaban J connectivity index is 0.00000169. The zero-order valence-corrected chi connectivity index (χ0v) is 16.9. The quantitative estimate of drug-likeness (QED) is 0.797. The average molecular weight is 399 g/mol. The van der Waals surface area contributed by atoms with Gasteiger partial charge in [0.05, 0.1) is 6.04 Å². The van der Waals surface area contributed by atoms with Gasteiger partial charge in [-0.3, -0.25) is 4.79 Å². The van der Waals surface area contributed by atoms with Gasteiger partial charge in [-0.1, -0.05) is 13.8 Å². The Kier molecular flexibility index (Phi) is 8.60. The molecule has 0 spiro atoms. The lowest BCUT2D eigenvalue weighted by Gasteiger charge is -2.17. The number of nitrogens with one attached hydrogen (secondary N) is 1. The first-order valence-corrected chi connectivity index (χ1v) is 8.76. The van der Waals surface area contributed by atoms with Gasteiger partial charge >= 0.3 is 0 Å². The second kappa shape index (κ2) is 9.95. The van der Waals surface area contributed by atoms with E-state index in [9.17, 15) is 4.79 Å². The highest BCUT2D eigenvalue weighted by Gasteiger charge is 2.17. The highest BCUT2D eigenvalue weighted by atomic mass is 35.5. The van der Waals surface area contributed by atoms with Crippen molar-refractivity contribution in [3.63, 3.8) is 0 Å². The highest BCUT2D eigenvalue weighted by Crippen LogP contribution is 2.25. The molecule has 0 saturated heterocycles. The summed E-state index contributed by atoms with van der Waals surface area (Å²) in [4.78, 5) is 16.7. The topological polar surface area (TPSA) is 72.9 Å². The molecule has 5 nitrogen and oxygen atoms in total. The number of carbonyl (C=O) groups is 1. The number of nitrogens with zero attached hydrogens (tertiary/aromatic N) is 2. The fourth-order valence-electron chi connectivity index (χ4n) is 3.22. The first kappa shape index (κ1) is 22.5. The van der Waals surface area contributed by atoms with Crippen LogP contribution in [0.1, 0.15) is 38.8 Å². The zero-order valence-electron chi connectivity index (χ0n) is 15.3. The predicted octanol–water partition coefficient (Wildman–Crippen LogP) is 4.04. The SMILES string of the molecule is CC(C)C[C@H](N)C(=O)Nc1ccc(-c2ncc3n2CCCC3)cc1.Cl.Cl. The summed E-state index contributed by atoms with van der Waals surface area (Å²) >= 11 is 0. The van der Waals surface area contributed by atoms with Crippen molar-refractivity contribution in [3.8, 4) is 11.4 Å². The largest absolute Gasteiger partial charge is 0.328 e. The molecule has 3 rings (SSSR count). The summed E-state index contributed by atoms with van der Waals surface area (Å²) in [7, 11) is 0. The molecule has 1 atom stereocenters. The number of amides is 1. The van der Waals surface area contributed by atoms with Gasteiger partial charge < -0.3 is 15.6 Å². The number of hydrogen-bond acceptors (Lipinski definition) is 3. The second-order valence-corrected chi connectivity index (χ2v) is 6.98. The molecular formula is C19H28Cl2N4O. The summed E-state index contributed by atoms with van der Waals surface area (Å²) in [6.07, 6.45) is 6.22. The maximum atomic E-state index is 12.1. The molecule has 0 radical (unpaired) electrons. The fraction of sp³-hybridized carbons (Fsp3) is 0.474. The molecule has 1 aromatic carbocycles. The molecule has 0 unspecified atom stereocenters. The van der Waals surface area contributed by atoms with E-state index in [2.05, 4.69) is 28.7 Å². The molecule has 1 aliphatic rings. The Labute approximate surface area is 167 Å². The number of nitrogens with two attached hydrogens (primary N) is 1. The summed E-state index contributed by atoms with van der Waals surface area (Å²) < 4.78 is 2.30. The summed E-state index contributed by atoms with van der Waals surface area (Å²) in [6.45, 7) is 5.16. The third-order valence-corrected chi connectivity index (χ3v) is 4.48. The molecule has 144 valence electrons. The van der Waals surface area contributed by atoms with E-state index in [1.165, 1.54) is 18.5 Å². The van der Waals surface area contributed by atoms with Crippen molar-refractivity contribution < 1.29 is 4.79 Å². The van der Waals surface area contributed by atoms with Gasteiger partial charge in [0, 0.05) is 29.7 Å². The number of fused-ring (bicyclic) bond motifs is 1. The molecule has 0 fully saturated rings. The number of benzene rings is 1. The minimum absolute atomic E-state index is 0. The lowest BCUT2D eigenvalue weighted by Crippen LogP contribution is -2.36. The molecule has 1 aliphatic heterocycles. The van der Waals surface area contributed by atoms with Crippen molar-refractivity contribution in [2.45, 2.75) is 52.1 Å². The molecule has 1 amide bonds.